The molecule has 108 valence electrons. The van der Waals surface area contributed by atoms with E-state index in [1.54, 1.807) is 25.3 Å². The Morgan fingerprint density at radius 2 is 2.30 bits per heavy atom. The van der Waals surface area contributed by atoms with Crippen molar-refractivity contribution in [2.45, 2.75) is 20.3 Å². The fraction of sp³-hybridized carbons (Fsp3) is 0.500. The number of rotatable bonds is 4. The second-order valence-electron chi connectivity index (χ2n) is 5.30. The van der Waals surface area contributed by atoms with Crippen molar-refractivity contribution in [2.24, 2.45) is 5.41 Å². The molecule has 2 rings (SSSR count). The van der Waals surface area contributed by atoms with Crippen LogP contribution in [0.25, 0.3) is 0 Å². The molecule has 1 aromatic heterocycles. The molecule has 1 aliphatic heterocycles. The lowest BCUT2D eigenvalue weighted by Gasteiger charge is -2.22. The van der Waals surface area contributed by atoms with Gasteiger partial charge >= 0.3 is 5.97 Å². The molecule has 6 nitrogen and oxygen atoms in total. The van der Waals surface area contributed by atoms with Gasteiger partial charge in [0.1, 0.15) is 5.69 Å². The number of anilines is 1. The summed E-state index contributed by atoms with van der Waals surface area (Å²) in [6.45, 7) is 5.26. The summed E-state index contributed by atoms with van der Waals surface area (Å²) in [7, 11) is 0. The van der Waals surface area contributed by atoms with Crippen LogP contribution in [0.2, 0.25) is 0 Å². The molecule has 1 atom stereocenters. The zero-order valence-electron chi connectivity index (χ0n) is 11.7. The Hall–Kier alpha value is -2.11. The molecule has 6 heteroatoms. The van der Waals surface area contributed by atoms with Crippen molar-refractivity contribution in [1.29, 1.82) is 0 Å². The maximum atomic E-state index is 11.8. The second-order valence-corrected chi connectivity index (χ2v) is 5.30. The fourth-order valence-electron chi connectivity index (χ4n) is 2.35. The zero-order chi connectivity index (χ0) is 14.8. The monoisotopic (exact) mass is 277 g/mol. The number of nitrogens with one attached hydrogen (secondary N) is 1. The highest BCUT2D eigenvalue weighted by molar-refractivity contribution is 5.93. The summed E-state index contributed by atoms with van der Waals surface area (Å²) in [6.07, 6.45) is 2.18. The van der Waals surface area contributed by atoms with E-state index in [1.165, 1.54) is 0 Å². The van der Waals surface area contributed by atoms with Gasteiger partial charge in [-0.25, -0.2) is 0 Å². The molecule has 2 heterocycles. The van der Waals surface area contributed by atoms with Crippen LogP contribution in [0, 0.1) is 5.41 Å². The molecular formula is C14H19N3O3. The molecule has 0 bridgehead atoms. The molecule has 1 unspecified atom stereocenters. The minimum absolute atomic E-state index is 0.213. The van der Waals surface area contributed by atoms with E-state index >= 15 is 0 Å². The Morgan fingerprint density at radius 1 is 1.55 bits per heavy atom. The van der Waals surface area contributed by atoms with Gasteiger partial charge in [-0.2, -0.15) is 0 Å². The van der Waals surface area contributed by atoms with Gasteiger partial charge in [0.25, 0.3) is 5.91 Å². The van der Waals surface area contributed by atoms with E-state index in [2.05, 4.69) is 10.3 Å². The molecule has 1 saturated heterocycles. The fourth-order valence-corrected chi connectivity index (χ4v) is 2.35. The zero-order valence-corrected chi connectivity index (χ0v) is 11.7. The number of aromatic nitrogens is 1. The minimum atomic E-state index is -0.780. The van der Waals surface area contributed by atoms with E-state index in [4.69, 9.17) is 0 Å². The number of carboxylic acid groups (broad SMARTS) is 1. The molecule has 0 saturated carbocycles. The van der Waals surface area contributed by atoms with Crippen LogP contribution < -0.4 is 10.2 Å². The van der Waals surface area contributed by atoms with Crippen LogP contribution in [-0.4, -0.2) is 41.6 Å². The molecule has 0 aromatic carbocycles. The number of pyridine rings is 1. The number of aliphatic carboxylic acids is 1. The van der Waals surface area contributed by atoms with Crippen LogP contribution in [0.1, 0.15) is 30.8 Å². The lowest BCUT2D eigenvalue weighted by atomic mass is 9.90. The van der Waals surface area contributed by atoms with Gasteiger partial charge in [-0.3, -0.25) is 14.6 Å². The Balaban J connectivity index is 2.17. The van der Waals surface area contributed by atoms with Crippen LogP contribution in [0.5, 0.6) is 0 Å². The van der Waals surface area contributed by atoms with Crippen molar-refractivity contribution in [3.8, 4) is 0 Å². The van der Waals surface area contributed by atoms with E-state index in [1.807, 2.05) is 11.8 Å². The number of carbonyl (C=O) groups excluding carboxylic acids is 1. The van der Waals surface area contributed by atoms with Crippen LogP contribution in [0.3, 0.4) is 0 Å². The van der Waals surface area contributed by atoms with Crippen molar-refractivity contribution >= 4 is 17.6 Å². The van der Waals surface area contributed by atoms with E-state index in [0.717, 1.165) is 5.69 Å². The summed E-state index contributed by atoms with van der Waals surface area (Å²) >= 11 is 0. The highest BCUT2D eigenvalue weighted by Crippen LogP contribution is 2.33. The molecule has 1 fully saturated rings. The SMILES string of the molecule is CCNC(=O)c1cc(N2CCC(C)(C(=O)O)C2)ccn1. The Bertz CT molecular complexity index is 532. The van der Waals surface area contributed by atoms with Crippen LogP contribution >= 0.6 is 0 Å². The molecule has 20 heavy (non-hydrogen) atoms. The largest absolute Gasteiger partial charge is 0.481 e. The van der Waals surface area contributed by atoms with E-state index in [-0.39, 0.29) is 5.91 Å². The summed E-state index contributed by atoms with van der Waals surface area (Å²) in [5.74, 6) is -0.993. The Morgan fingerprint density at radius 3 is 2.90 bits per heavy atom. The topological polar surface area (TPSA) is 82.5 Å². The van der Waals surface area contributed by atoms with E-state index in [9.17, 15) is 14.7 Å². The second kappa shape index (κ2) is 5.48. The molecule has 1 aromatic rings. The third-order valence-electron chi connectivity index (χ3n) is 3.67. The first kappa shape index (κ1) is 14.3. The predicted molar refractivity (Wildman–Crippen MR) is 74.8 cm³/mol. The van der Waals surface area contributed by atoms with Crippen molar-refractivity contribution < 1.29 is 14.7 Å². The van der Waals surface area contributed by atoms with Gasteiger partial charge in [0.2, 0.25) is 0 Å². The molecule has 0 spiro atoms. The number of nitrogens with zero attached hydrogens (tertiary/aromatic N) is 2. The summed E-state index contributed by atoms with van der Waals surface area (Å²) in [6, 6.07) is 3.51. The average Bonchev–Trinajstić information content (AvgIpc) is 2.83. The molecule has 1 amide bonds. The van der Waals surface area contributed by atoms with E-state index in [0.29, 0.717) is 31.7 Å². The summed E-state index contributed by atoms with van der Waals surface area (Å²) in [4.78, 5) is 29.0. The summed E-state index contributed by atoms with van der Waals surface area (Å²) < 4.78 is 0. The molecule has 0 radical (unpaired) electrons. The number of carboxylic acids is 1. The lowest BCUT2D eigenvalue weighted by Crippen LogP contribution is -2.32. The van der Waals surface area contributed by atoms with Crippen molar-refractivity contribution in [3.05, 3.63) is 24.0 Å². The van der Waals surface area contributed by atoms with Gasteiger partial charge in [0, 0.05) is 31.5 Å². The lowest BCUT2D eigenvalue weighted by molar-refractivity contribution is -0.146. The smallest absolute Gasteiger partial charge is 0.311 e. The number of carbonyl (C=O) groups is 2. The predicted octanol–water partition coefficient (Wildman–Crippen LogP) is 1.13. The number of hydrogen-bond acceptors (Lipinski definition) is 4. The average molecular weight is 277 g/mol. The maximum absolute atomic E-state index is 11.8. The van der Waals surface area contributed by atoms with Gasteiger partial charge < -0.3 is 15.3 Å². The normalized spacial score (nSPS) is 21.8. The Kier molecular flexibility index (Phi) is 3.92. The third kappa shape index (κ3) is 2.74. The van der Waals surface area contributed by atoms with Gasteiger partial charge in [-0.05, 0) is 32.4 Å². The van der Waals surface area contributed by atoms with Crippen molar-refractivity contribution in [2.75, 3.05) is 24.5 Å². The number of amides is 1. The quantitative estimate of drug-likeness (QED) is 0.862. The van der Waals surface area contributed by atoms with Gasteiger partial charge in [0.05, 0.1) is 5.41 Å². The Labute approximate surface area is 117 Å². The van der Waals surface area contributed by atoms with Gasteiger partial charge in [0.15, 0.2) is 0 Å². The summed E-state index contributed by atoms with van der Waals surface area (Å²) in [5.41, 5.74) is 0.467. The first-order valence-electron chi connectivity index (χ1n) is 6.69. The number of hydrogen-bond donors (Lipinski definition) is 2. The third-order valence-corrected chi connectivity index (χ3v) is 3.67. The van der Waals surface area contributed by atoms with Crippen molar-refractivity contribution in [3.63, 3.8) is 0 Å². The van der Waals surface area contributed by atoms with Gasteiger partial charge in [-0.1, -0.05) is 0 Å². The summed E-state index contributed by atoms with van der Waals surface area (Å²) in [5, 5.41) is 11.9. The van der Waals surface area contributed by atoms with E-state index < -0.39 is 11.4 Å². The van der Waals surface area contributed by atoms with Crippen molar-refractivity contribution in [1.82, 2.24) is 10.3 Å². The first-order chi connectivity index (χ1) is 9.46. The standard InChI is InChI=1S/C14H19N3O3/c1-3-15-12(18)11-8-10(4-6-16-11)17-7-5-14(2,9-17)13(19)20/h4,6,8H,3,5,7,9H2,1-2H3,(H,15,18)(H,19,20). The van der Waals surface area contributed by atoms with Gasteiger partial charge in [-0.15, -0.1) is 0 Å². The van der Waals surface area contributed by atoms with Crippen LogP contribution in [0.4, 0.5) is 5.69 Å². The highest BCUT2D eigenvalue weighted by Gasteiger charge is 2.40. The first-order valence-corrected chi connectivity index (χ1v) is 6.69. The minimum Gasteiger partial charge on any atom is -0.481 e. The highest BCUT2D eigenvalue weighted by atomic mass is 16.4. The van der Waals surface area contributed by atoms with Crippen LogP contribution in [0.15, 0.2) is 18.3 Å². The molecule has 0 aliphatic carbocycles. The molecular weight excluding hydrogens is 258 g/mol. The molecule has 1 aliphatic rings. The molecule has 2 N–H and O–H groups in total. The van der Waals surface area contributed by atoms with Crippen LogP contribution in [-0.2, 0) is 4.79 Å². The maximum Gasteiger partial charge on any atom is 0.311 e.